The summed E-state index contributed by atoms with van der Waals surface area (Å²) in [6.45, 7) is 1.54. The molecule has 24 heavy (non-hydrogen) atoms. The molecule has 1 saturated heterocycles. The van der Waals surface area contributed by atoms with E-state index in [1.54, 1.807) is 23.2 Å². The summed E-state index contributed by atoms with van der Waals surface area (Å²) in [5, 5.41) is 7.42. The molecule has 0 saturated carbocycles. The standard InChI is InChI=1S/C15H19N5O3S/c21-15(12-19-7-6-16-17-19)18-8-10-20(11-9-18)24(22,23)13-14-4-2-1-3-5-14/h1-7H,8-13H2. The summed E-state index contributed by atoms with van der Waals surface area (Å²) < 4.78 is 27.9. The van der Waals surface area contributed by atoms with Crippen molar-refractivity contribution in [2.75, 3.05) is 26.2 Å². The first-order valence-corrected chi connectivity index (χ1v) is 9.29. The third-order valence-corrected chi connectivity index (χ3v) is 5.80. The molecule has 2 heterocycles. The van der Waals surface area contributed by atoms with Crippen LogP contribution in [0.15, 0.2) is 42.7 Å². The van der Waals surface area contributed by atoms with Crippen molar-refractivity contribution in [2.45, 2.75) is 12.3 Å². The molecule has 1 fully saturated rings. The van der Waals surface area contributed by atoms with Crippen LogP contribution in [0.4, 0.5) is 0 Å². The molecule has 8 nitrogen and oxygen atoms in total. The third-order valence-electron chi connectivity index (χ3n) is 3.95. The molecule has 0 radical (unpaired) electrons. The summed E-state index contributed by atoms with van der Waals surface area (Å²) in [6, 6.07) is 9.11. The van der Waals surface area contributed by atoms with E-state index in [4.69, 9.17) is 0 Å². The van der Waals surface area contributed by atoms with E-state index in [0.717, 1.165) is 5.56 Å². The SMILES string of the molecule is O=C(Cn1ccnn1)N1CCN(S(=O)(=O)Cc2ccccc2)CC1. The van der Waals surface area contributed by atoms with Gasteiger partial charge in [0.2, 0.25) is 15.9 Å². The molecular formula is C15H19N5O3S. The predicted octanol–water partition coefficient (Wildman–Crippen LogP) is -0.0477. The van der Waals surface area contributed by atoms with Crippen LogP contribution in [0.2, 0.25) is 0 Å². The van der Waals surface area contributed by atoms with Crippen LogP contribution < -0.4 is 0 Å². The van der Waals surface area contributed by atoms with Gasteiger partial charge >= 0.3 is 0 Å². The van der Waals surface area contributed by atoms with E-state index >= 15 is 0 Å². The first-order valence-electron chi connectivity index (χ1n) is 7.68. The fraction of sp³-hybridized carbons (Fsp3) is 0.400. The monoisotopic (exact) mass is 349 g/mol. The zero-order valence-corrected chi connectivity index (χ0v) is 14.0. The Kier molecular flexibility index (Phi) is 4.91. The fourth-order valence-electron chi connectivity index (χ4n) is 2.65. The lowest BCUT2D eigenvalue weighted by Crippen LogP contribution is -2.51. The number of piperazine rings is 1. The highest BCUT2D eigenvalue weighted by molar-refractivity contribution is 7.88. The molecule has 128 valence electrons. The van der Waals surface area contributed by atoms with E-state index in [1.807, 2.05) is 18.2 Å². The van der Waals surface area contributed by atoms with Crippen molar-refractivity contribution in [3.8, 4) is 0 Å². The molecule has 0 spiro atoms. The van der Waals surface area contributed by atoms with Gasteiger partial charge in [-0.2, -0.15) is 4.31 Å². The number of carbonyl (C=O) groups is 1. The zero-order valence-electron chi connectivity index (χ0n) is 13.2. The van der Waals surface area contributed by atoms with E-state index in [2.05, 4.69) is 10.3 Å². The number of nitrogens with zero attached hydrogens (tertiary/aromatic N) is 5. The number of hydrogen-bond donors (Lipinski definition) is 0. The Hall–Kier alpha value is -2.26. The molecule has 0 unspecified atom stereocenters. The minimum absolute atomic E-state index is 0.0132. The second-order valence-corrected chi connectivity index (χ2v) is 7.59. The Morgan fingerprint density at radius 2 is 1.79 bits per heavy atom. The number of carbonyl (C=O) groups excluding carboxylic acids is 1. The van der Waals surface area contributed by atoms with Gasteiger partial charge < -0.3 is 4.90 Å². The maximum Gasteiger partial charge on any atom is 0.244 e. The minimum atomic E-state index is -3.37. The number of rotatable bonds is 5. The van der Waals surface area contributed by atoms with Gasteiger partial charge in [-0.1, -0.05) is 35.5 Å². The highest BCUT2D eigenvalue weighted by Crippen LogP contribution is 2.13. The maximum absolute atomic E-state index is 12.5. The van der Waals surface area contributed by atoms with Gasteiger partial charge in [0.1, 0.15) is 6.54 Å². The third kappa shape index (κ3) is 3.98. The molecule has 1 aliphatic rings. The Bertz CT molecular complexity index is 769. The topological polar surface area (TPSA) is 88.4 Å². The number of aromatic nitrogens is 3. The Morgan fingerprint density at radius 1 is 1.08 bits per heavy atom. The zero-order chi connectivity index (χ0) is 17.0. The fourth-order valence-corrected chi connectivity index (χ4v) is 4.16. The van der Waals surface area contributed by atoms with Gasteiger partial charge in [-0.25, -0.2) is 13.1 Å². The molecule has 9 heteroatoms. The van der Waals surface area contributed by atoms with Crippen molar-refractivity contribution in [1.82, 2.24) is 24.2 Å². The van der Waals surface area contributed by atoms with Crippen LogP contribution in [-0.2, 0) is 27.1 Å². The molecule has 0 aliphatic carbocycles. The van der Waals surface area contributed by atoms with Gasteiger partial charge in [-0.05, 0) is 5.56 Å². The number of hydrogen-bond acceptors (Lipinski definition) is 5. The van der Waals surface area contributed by atoms with Crippen molar-refractivity contribution < 1.29 is 13.2 Å². The average molecular weight is 349 g/mol. The van der Waals surface area contributed by atoms with Crippen molar-refractivity contribution in [1.29, 1.82) is 0 Å². The summed E-state index contributed by atoms with van der Waals surface area (Å²) in [5.74, 6) is -0.0959. The van der Waals surface area contributed by atoms with Crippen LogP contribution in [0, 0.1) is 0 Å². The largest absolute Gasteiger partial charge is 0.338 e. The van der Waals surface area contributed by atoms with Gasteiger partial charge in [0.15, 0.2) is 0 Å². The van der Waals surface area contributed by atoms with E-state index in [0.29, 0.717) is 26.2 Å². The van der Waals surface area contributed by atoms with Gasteiger partial charge in [0.05, 0.1) is 11.9 Å². The Morgan fingerprint density at radius 3 is 2.42 bits per heavy atom. The quantitative estimate of drug-likeness (QED) is 0.755. The maximum atomic E-state index is 12.5. The van der Waals surface area contributed by atoms with Crippen LogP contribution >= 0.6 is 0 Å². The van der Waals surface area contributed by atoms with Crippen molar-refractivity contribution in [3.05, 3.63) is 48.3 Å². The number of amides is 1. The van der Waals surface area contributed by atoms with Gasteiger partial charge in [-0.3, -0.25) is 4.79 Å². The molecule has 1 aromatic heterocycles. The molecule has 0 N–H and O–H groups in total. The molecule has 1 amide bonds. The first-order chi connectivity index (χ1) is 11.5. The summed E-state index contributed by atoms with van der Waals surface area (Å²) in [7, 11) is -3.37. The molecule has 3 rings (SSSR count). The van der Waals surface area contributed by atoms with E-state index in [1.165, 1.54) is 15.2 Å². The predicted molar refractivity (Wildman–Crippen MR) is 87.2 cm³/mol. The second kappa shape index (κ2) is 7.10. The lowest BCUT2D eigenvalue weighted by Gasteiger charge is -2.34. The summed E-state index contributed by atoms with van der Waals surface area (Å²) in [4.78, 5) is 13.8. The summed E-state index contributed by atoms with van der Waals surface area (Å²) >= 11 is 0. The van der Waals surface area contributed by atoms with Gasteiger partial charge in [0.25, 0.3) is 0 Å². The van der Waals surface area contributed by atoms with Crippen LogP contribution in [-0.4, -0.2) is 64.7 Å². The molecule has 2 aromatic rings. The highest BCUT2D eigenvalue weighted by Gasteiger charge is 2.28. The van der Waals surface area contributed by atoms with Crippen LogP contribution in [0.25, 0.3) is 0 Å². The highest BCUT2D eigenvalue weighted by atomic mass is 32.2. The van der Waals surface area contributed by atoms with Crippen LogP contribution in [0.1, 0.15) is 5.56 Å². The smallest absolute Gasteiger partial charge is 0.244 e. The van der Waals surface area contributed by atoms with Crippen LogP contribution in [0.3, 0.4) is 0 Å². The second-order valence-electron chi connectivity index (χ2n) is 5.62. The van der Waals surface area contributed by atoms with Crippen molar-refractivity contribution in [3.63, 3.8) is 0 Å². The van der Waals surface area contributed by atoms with Gasteiger partial charge in [0, 0.05) is 32.4 Å². The molecule has 1 aromatic carbocycles. The Balaban J connectivity index is 1.55. The number of sulfonamides is 1. The molecule has 1 aliphatic heterocycles. The molecule has 0 bridgehead atoms. The van der Waals surface area contributed by atoms with Crippen LogP contribution in [0.5, 0.6) is 0 Å². The molecular weight excluding hydrogens is 330 g/mol. The van der Waals surface area contributed by atoms with E-state index in [-0.39, 0.29) is 18.2 Å². The normalized spacial score (nSPS) is 16.2. The Labute approximate surface area is 140 Å². The van der Waals surface area contributed by atoms with E-state index in [9.17, 15) is 13.2 Å². The van der Waals surface area contributed by atoms with Gasteiger partial charge in [-0.15, -0.1) is 5.10 Å². The average Bonchev–Trinajstić information content (AvgIpc) is 3.08. The summed E-state index contributed by atoms with van der Waals surface area (Å²) in [5.41, 5.74) is 0.766. The van der Waals surface area contributed by atoms with Crippen molar-refractivity contribution in [2.24, 2.45) is 0 Å². The lowest BCUT2D eigenvalue weighted by atomic mass is 10.2. The summed E-state index contributed by atoms with van der Waals surface area (Å²) in [6.07, 6.45) is 3.14. The van der Waals surface area contributed by atoms with E-state index < -0.39 is 10.0 Å². The number of benzene rings is 1. The molecule has 0 atom stereocenters. The van der Waals surface area contributed by atoms with Crippen molar-refractivity contribution >= 4 is 15.9 Å². The lowest BCUT2D eigenvalue weighted by molar-refractivity contribution is -0.133. The first kappa shape index (κ1) is 16.6. The minimum Gasteiger partial charge on any atom is -0.338 e.